The summed E-state index contributed by atoms with van der Waals surface area (Å²) in [5, 5.41) is 21.6. The van der Waals surface area contributed by atoms with Crippen molar-refractivity contribution in [3.8, 4) is 17.2 Å². The van der Waals surface area contributed by atoms with Crippen molar-refractivity contribution < 1.29 is 19.4 Å². The molecule has 1 aliphatic carbocycles. The van der Waals surface area contributed by atoms with E-state index in [1.165, 1.54) is 5.57 Å². The monoisotopic (exact) mass is 326 g/mol. The molecule has 1 aliphatic heterocycles. The lowest BCUT2D eigenvalue weighted by molar-refractivity contribution is 0.0839. The largest absolute Gasteiger partial charge is 0.507 e. The number of aromatic hydroxyl groups is 2. The number of rotatable bonds is 1. The predicted molar refractivity (Wildman–Crippen MR) is 93.5 cm³/mol. The number of allylic oxidation sites excluding steroid dienone is 3. The molecule has 0 atom stereocenters. The summed E-state index contributed by atoms with van der Waals surface area (Å²) in [7, 11) is 0. The number of phenolic OH excluding ortho intramolecular Hbond substituents is 1. The third kappa shape index (κ3) is 2.46. The minimum Gasteiger partial charge on any atom is -0.507 e. The summed E-state index contributed by atoms with van der Waals surface area (Å²) in [6.07, 6.45) is 10.6. The molecule has 0 saturated carbocycles. The zero-order valence-corrected chi connectivity index (χ0v) is 14.1. The highest BCUT2D eigenvalue weighted by Gasteiger charge is 2.31. The van der Waals surface area contributed by atoms with Crippen molar-refractivity contribution in [1.82, 2.24) is 0 Å². The molecule has 1 aromatic heterocycles. The summed E-state index contributed by atoms with van der Waals surface area (Å²) in [6.45, 7) is 4.06. The lowest BCUT2D eigenvalue weighted by Crippen LogP contribution is -2.32. The van der Waals surface area contributed by atoms with Crippen molar-refractivity contribution in [2.45, 2.75) is 51.6 Å². The fourth-order valence-electron chi connectivity index (χ4n) is 3.51. The van der Waals surface area contributed by atoms with Crippen LogP contribution >= 0.6 is 0 Å². The highest BCUT2D eigenvalue weighted by Crippen LogP contribution is 2.47. The first-order valence-electron chi connectivity index (χ1n) is 8.48. The van der Waals surface area contributed by atoms with E-state index in [2.05, 4.69) is 12.2 Å². The van der Waals surface area contributed by atoms with Crippen LogP contribution in [0.5, 0.6) is 17.2 Å². The Morgan fingerprint density at radius 1 is 1.12 bits per heavy atom. The average Bonchev–Trinajstić information content (AvgIpc) is 2.83. The van der Waals surface area contributed by atoms with E-state index >= 15 is 0 Å². The summed E-state index contributed by atoms with van der Waals surface area (Å²) in [5.74, 6) is 1.14. The van der Waals surface area contributed by atoms with Crippen LogP contribution in [0.4, 0.5) is 0 Å². The van der Waals surface area contributed by atoms with E-state index in [1.54, 1.807) is 6.07 Å². The minimum atomic E-state index is -0.263. The van der Waals surface area contributed by atoms with Crippen LogP contribution in [0.3, 0.4) is 0 Å². The van der Waals surface area contributed by atoms with Gasteiger partial charge in [-0.25, -0.2) is 0 Å². The maximum absolute atomic E-state index is 10.6. The Labute approximate surface area is 141 Å². The minimum absolute atomic E-state index is 0.0113. The third-order valence-electron chi connectivity index (χ3n) is 4.90. The lowest BCUT2D eigenvalue weighted by atomic mass is 9.93. The zero-order valence-electron chi connectivity index (χ0n) is 14.1. The zero-order chi connectivity index (χ0) is 16.9. The molecule has 0 saturated heterocycles. The first-order valence-corrected chi connectivity index (χ1v) is 8.48. The molecule has 0 unspecified atom stereocenters. The lowest BCUT2D eigenvalue weighted by Gasteiger charge is -2.32. The van der Waals surface area contributed by atoms with E-state index in [9.17, 15) is 10.2 Å². The van der Waals surface area contributed by atoms with Crippen LogP contribution in [-0.4, -0.2) is 15.8 Å². The number of hydrogen-bond acceptors (Lipinski definition) is 4. The van der Waals surface area contributed by atoms with Gasteiger partial charge >= 0.3 is 0 Å². The van der Waals surface area contributed by atoms with Gasteiger partial charge in [0.25, 0.3) is 0 Å². The summed E-state index contributed by atoms with van der Waals surface area (Å²) < 4.78 is 11.8. The Morgan fingerprint density at radius 3 is 2.71 bits per heavy atom. The fraction of sp³-hybridized carbons (Fsp3) is 0.400. The van der Waals surface area contributed by atoms with E-state index in [0.29, 0.717) is 22.5 Å². The molecular weight excluding hydrogens is 304 g/mol. The van der Waals surface area contributed by atoms with Gasteiger partial charge in [-0.05, 0) is 52.0 Å². The van der Waals surface area contributed by atoms with Crippen LogP contribution < -0.4 is 4.74 Å². The first kappa shape index (κ1) is 15.2. The van der Waals surface area contributed by atoms with Crippen molar-refractivity contribution >= 4 is 17.0 Å². The summed E-state index contributed by atoms with van der Waals surface area (Å²) >= 11 is 0. The van der Waals surface area contributed by atoms with Crippen LogP contribution in [-0.2, 0) is 6.42 Å². The van der Waals surface area contributed by atoms with E-state index in [4.69, 9.17) is 9.15 Å². The van der Waals surface area contributed by atoms with Gasteiger partial charge < -0.3 is 19.4 Å². The smallest absolute Gasteiger partial charge is 0.173 e. The number of phenols is 1. The first-order chi connectivity index (χ1) is 11.4. The van der Waals surface area contributed by atoms with Gasteiger partial charge in [0.15, 0.2) is 11.5 Å². The molecule has 0 spiro atoms. The summed E-state index contributed by atoms with van der Waals surface area (Å²) in [5.41, 5.74) is 2.16. The van der Waals surface area contributed by atoms with Crippen LogP contribution in [0.25, 0.3) is 17.0 Å². The van der Waals surface area contributed by atoms with E-state index in [1.807, 2.05) is 19.9 Å². The molecule has 1 aromatic carbocycles. The van der Waals surface area contributed by atoms with Gasteiger partial charge in [0.05, 0.1) is 0 Å². The number of furan rings is 1. The molecule has 2 N–H and O–H groups in total. The van der Waals surface area contributed by atoms with Gasteiger partial charge in [0.2, 0.25) is 0 Å². The van der Waals surface area contributed by atoms with E-state index < -0.39 is 0 Å². The molecule has 0 amide bonds. The quantitative estimate of drug-likeness (QED) is 0.718. The van der Waals surface area contributed by atoms with Gasteiger partial charge in [0, 0.05) is 11.6 Å². The van der Waals surface area contributed by atoms with Gasteiger partial charge in [0.1, 0.15) is 28.1 Å². The van der Waals surface area contributed by atoms with Crippen LogP contribution in [0.15, 0.2) is 28.2 Å². The van der Waals surface area contributed by atoms with Gasteiger partial charge in [-0.1, -0.05) is 17.7 Å². The van der Waals surface area contributed by atoms with Gasteiger partial charge in [-0.3, -0.25) is 0 Å². The molecule has 4 heteroatoms. The normalized spacial score (nSPS) is 21.0. The number of fused-ring (bicyclic) bond motifs is 2. The highest BCUT2D eigenvalue weighted by atomic mass is 16.5. The Hall–Kier alpha value is -2.36. The second-order valence-electron chi connectivity index (χ2n) is 7.27. The average molecular weight is 326 g/mol. The molecule has 2 aliphatic rings. The molecule has 4 rings (SSSR count). The van der Waals surface area contributed by atoms with E-state index in [0.717, 1.165) is 37.7 Å². The van der Waals surface area contributed by atoms with Gasteiger partial charge in [-0.2, -0.15) is 0 Å². The second kappa shape index (κ2) is 5.33. The molecular formula is C20H22O4. The number of benzene rings is 1. The maximum Gasteiger partial charge on any atom is 0.173 e. The Balaban J connectivity index is 1.84. The van der Waals surface area contributed by atoms with Crippen LogP contribution in [0.2, 0.25) is 0 Å². The highest BCUT2D eigenvalue weighted by molar-refractivity contribution is 5.95. The Kier molecular flexibility index (Phi) is 3.37. The van der Waals surface area contributed by atoms with Crippen molar-refractivity contribution in [2.24, 2.45) is 0 Å². The fourth-order valence-corrected chi connectivity index (χ4v) is 3.51. The van der Waals surface area contributed by atoms with Crippen molar-refractivity contribution in [2.75, 3.05) is 0 Å². The molecule has 4 nitrogen and oxygen atoms in total. The molecule has 0 fully saturated rings. The molecule has 2 aromatic rings. The standard InChI is InChI=1S/C20H22O4/c1-20(2)9-8-13-14(24-20)11-15-17(18(13)21)19(22)16(23-15)10-12-6-4-3-5-7-12/h3-4,10-11,21-22H,5-9H2,1-2H3. The summed E-state index contributed by atoms with van der Waals surface area (Å²) in [4.78, 5) is 0. The van der Waals surface area contributed by atoms with E-state index in [-0.39, 0.29) is 17.1 Å². The number of hydrogen-bond donors (Lipinski definition) is 2. The molecule has 126 valence electrons. The molecule has 0 radical (unpaired) electrons. The SMILES string of the molecule is CC1(C)CCc2c(cc3oc(C=C4CC=CCC4)c(O)c3c2O)O1. The van der Waals surface area contributed by atoms with Crippen molar-refractivity contribution in [1.29, 1.82) is 0 Å². The summed E-state index contributed by atoms with van der Waals surface area (Å²) in [6, 6.07) is 1.79. The van der Waals surface area contributed by atoms with Crippen LogP contribution in [0.1, 0.15) is 50.9 Å². The second-order valence-corrected chi connectivity index (χ2v) is 7.27. The predicted octanol–water partition coefficient (Wildman–Crippen LogP) is 5.07. The molecule has 0 bridgehead atoms. The topological polar surface area (TPSA) is 62.8 Å². The Bertz CT molecular complexity index is 868. The van der Waals surface area contributed by atoms with Gasteiger partial charge in [-0.15, -0.1) is 0 Å². The maximum atomic E-state index is 10.6. The molecule has 2 heterocycles. The number of ether oxygens (including phenoxy) is 1. The van der Waals surface area contributed by atoms with Crippen LogP contribution in [0, 0.1) is 0 Å². The van der Waals surface area contributed by atoms with Crippen molar-refractivity contribution in [3.63, 3.8) is 0 Å². The molecule has 24 heavy (non-hydrogen) atoms. The third-order valence-corrected chi connectivity index (χ3v) is 4.90. The van der Waals surface area contributed by atoms with Crippen molar-refractivity contribution in [3.05, 3.63) is 35.1 Å². The Morgan fingerprint density at radius 2 is 1.96 bits per heavy atom.